The lowest BCUT2D eigenvalue weighted by molar-refractivity contribution is 0.177. The van der Waals surface area contributed by atoms with Gasteiger partial charge in [0.2, 0.25) is 0 Å². The number of benzene rings is 1. The Kier molecular flexibility index (Phi) is 4.46. The van der Waals surface area contributed by atoms with Gasteiger partial charge in [-0.1, -0.05) is 30.2 Å². The van der Waals surface area contributed by atoms with Crippen LogP contribution >= 0.6 is 11.6 Å². The number of hydrogen-bond acceptors (Lipinski definition) is 1. The zero-order valence-corrected chi connectivity index (χ0v) is 14.9. The first-order valence-corrected chi connectivity index (χ1v) is 9.80. The largest absolute Gasteiger partial charge is 0.338 e. The molecule has 0 heterocycles. The summed E-state index contributed by atoms with van der Waals surface area (Å²) in [6.07, 6.45) is 9.07. The van der Waals surface area contributed by atoms with Crippen molar-refractivity contribution in [1.29, 1.82) is 0 Å². The van der Waals surface area contributed by atoms with Gasteiger partial charge in [-0.15, -0.1) is 0 Å². The van der Waals surface area contributed by atoms with Crippen molar-refractivity contribution in [3.63, 3.8) is 0 Å². The van der Waals surface area contributed by atoms with Gasteiger partial charge in [0.05, 0.1) is 0 Å². The number of amides is 2. The summed E-state index contributed by atoms with van der Waals surface area (Å²) >= 11 is 5.93. The summed E-state index contributed by atoms with van der Waals surface area (Å²) in [6, 6.07) is 8.20. The van der Waals surface area contributed by atoms with Crippen molar-refractivity contribution in [3.05, 3.63) is 34.9 Å². The Morgan fingerprint density at radius 3 is 2.42 bits per heavy atom. The summed E-state index contributed by atoms with van der Waals surface area (Å²) in [5, 5.41) is 6.99. The topological polar surface area (TPSA) is 41.1 Å². The van der Waals surface area contributed by atoms with Crippen LogP contribution in [0.25, 0.3) is 0 Å². The molecule has 2 N–H and O–H groups in total. The van der Waals surface area contributed by atoms with Crippen LogP contribution in [-0.2, 0) is 0 Å². The van der Waals surface area contributed by atoms with Crippen molar-refractivity contribution < 1.29 is 4.79 Å². The second kappa shape index (κ2) is 6.59. The molecule has 1 aromatic carbocycles. The molecule has 0 spiro atoms. The first kappa shape index (κ1) is 16.3. The summed E-state index contributed by atoms with van der Waals surface area (Å²) in [4.78, 5) is 12.0. The fourth-order valence-corrected chi connectivity index (χ4v) is 4.50. The fraction of sp³-hybridized carbons (Fsp3) is 0.650. The maximum atomic E-state index is 12.0. The third-order valence-corrected chi connectivity index (χ3v) is 6.84. The summed E-state index contributed by atoms with van der Waals surface area (Å²) in [5.74, 6) is 2.12. The highest BCUT2D eigenvalue weighted by molar-refractivity contribution is 6.30. The van der Waals surface area contributed by atoms with Gasteiger partial charge in [0.25, 0.3) is 0 Å². The number of nitrogens with one attached hydrogen (secondary N) is 2. The average molecular weight is 347 g/mol. The number of halogens is 1. The second-order valence-electron chi connectivity index (χ2n) is 8.14. The Labute approximate surface area is 149 Å². The van der Waals surface area contributed by atoms with Crippen LogP contribution in [0.15, 0.2) is 24.3 Å². The third-order valence-electron chi connectivity index (χ3n) is 6.59. The minimum atomic E-state index is 0.0236. The van der Waals surface area contributed by atoms with Crippen molar-refractivity contribution in [2.45, 2.75) is 50.9 Å². The van der Waals surface area contributed by atoms with E-state index < -0.39 is 0 Å². The molecule has 0 atom stereocenters. The zero-order valence-electron chi connectivity index (χ0n) is 14.2. The number of hydrogen-bond donors (Lipinski definition) is 2. The van der Waals surface area contributed by atoms with Crippen molar-refractivity contribution in [3.8, 4) is 0 Å². The molecule has 24 heavy (non-hydrogen) atoms. The SMILES string of the molecule is O=C(NCC1CC(c2ccc(Cl)cc2)C1)NCC1(C2CCC2)CC1. The van der Waals surface area contributed by atoms with E-state index in [9.17, 15) is 4.79 Å². The van der Waals surface area contributed by atoms with E-state index in [1.165, 1.54) is 37.7 Å². The quantitative estimate of drug-likeness (QED) is 0.769. The van der Waals surface area contributed by atoms with Gasteiger partial charge in [0.1, 0.15) is 0 Å². The van der Waals surface area contributed by atoms with Gasteiger partial charge in [-0.05, 0) is 79.4 Å². The van der Waals surface area contributed by atoms with Crippen LogP contribution in [0.1, 0.15) is 56.4 Å². The first-order valence-electron chi connectivity index (χ1n) is 9.42. The fourth-order valence-electron chi connectivity index (χ4n) is 4.38. The monoisotopic (exact) mass is 346 g/mol. The molecule has 3 aliphatic rings. The van der Waals surface area contributed by atoms with Gasteiger partial charge in [-0.2, -0.15) is 0 Å². The van der Waals surface area contributed by atoms with Crippen LogP contribution in [0.4, 0.5) is 4.79 Å². The lowest BCUT2D eigenvalue weighted by Crippen LogP contribution is -2.44. The molecule has 0 aromatic heterocycles. The van der Waals surface area contributed by atoms with Crippen LogP contribution in [0.5, 0.6) is 0 Å². The Hall–Kier alpha value is -1.22. The van der Waals surface area contributed by atoms with Gasteiger partial charge in [0, 0.05) is 18.1 Å². The predicted molar refractivity (Wildman–Crippen MR) is 97.3 cm³/mol. The molecule has 130 valence electrons. The average Bonchev–Trinajstić information content (AvgIpc) is 3.24. The molecule has 3 fully saturated rings. The minimum absolute atomic E-state index is 0.0236. The zero-order chi connectivity index (χ0) is 16.6. The van der Waals surface area contributed by atoms with E-state index in [4.69, 9.17) is 11.6 Å². The standard InChI is InChI=1S/C20H27ClN2O/c21-18-6-4-15(5-7-18)16-10-14(11-16)12-22-19(24)23-13-20(8-9-20)17-2-1-3-17/h4-7,14,16-17H,1-3,8-13H2,(H2,22,23,24). The van der Waals surface area contributed by atoms with Crippen LogP contribution in [-0.4, -0.2) is 19.1 Å². The summed E-state index contributed by atoms with van der Waals surface area (Å²) in [6.45, 7) is 1.67. The summed E-state index contributed by atoms with van der Waals surface area (Å²) < 4.78 is 0. The van der Waals surface area contributed by atoms with Gasteiger partial charge in [-0.3, -0.25) is 0 Å². The molecule has 3 saturated carbocycles. The van der Waals surface area contributed by atoms with Crippen LogP contribution in [0, 0.1) is 17.3 Å². The first-order chi connectivity index (χ1) is 11.6. The molecular formula is C20H27ClN2O. The van der Waals surface area contributed by atoms with Gasteiger partial charge in [0.15, 0.2) is 0 Å². The van der Waals surface area contributed by atoms with Crippen molar-refractivity contribution >= 4 is 17.6 Å². The van der Waals surface area contributed by atoms with Crippen LogP contribution in [0.3, 0.4) is 0 Å². The van der Waals surface area contributed by atoms with Crippen LogP contribution < -0.4 is 10.6 Å². The van der Waals surface area contributed by atoms with E-state index in [1.807, 2.05) is 12.1 Å². The number of urea groups is 1. The highest BCUT2D eigenvalue weighted by atomic mass is 35.5. The highest BCUT2D eigenvalue weighted by Gasteiger charge is 2.50. The number of carbonyl (C=O) groups excluding carboxylic acids is 1. The lowest BCUT2D eigenvalue weighted by Gasteiger charge is -2.36. The van der Waals surface area contributed by atoms with E-state index in [2.05, 4.69) is 22.8 Å². The van der Waals surface area contributed by atoms with E-state index in [1.54, 1.807) is 0 Å². The van der Waals surface area contributed by atoms with E-state index in [0.29, 0.717) is 17.3 Å². The Balaban J connectivity index is 1.13. The number of carbonyl (C=O) groups is 1. The molecule has 0 bridgehead atoms. The molecule has 4 rings (SSSR count). The molecule has 0 radical (unpaired) electrons. The van der Waals surface area contributed by atoms with E-state index >= 15 is 0 Å². The summed E-state index contributed by atoms with van der Waals surface area (Å²) in [5.41, 5.74) is 1.84. The molecule has 3 nitrogen and oxygen atoms in total. The Morgan fingerprint density at radius 1 is 1.12 bits per heavy atom. The van der Waals surface area contributed by atoms with E-state index in [0.717, 1.165) is 36.9 Å². The second-order valence-corrected chi connectivity index (χ2v) is 8.58. The maximum absolute atomic E-state index is 12.0. The van der Waals surface area contributed by atoms with Crippen LogP contribution in [0.2, 0.25) is 5.02 Å². The predicted octanol–water partition coefficient (Wildman–Crippen LogP) is 4.71. The molecule has 4 heteroatoms. The van der Waals surface area contributed by atoms with Gasteiger partial charge >= 0.3 is 6.03 Å². The normalized spacial score (nSPS) is 27.7. The molecule has 0 saturated heterocycles. The molecule has 2 amide bonds. The smallest absolute Gasteiger partial charge is 0.314 e. The summed E-state index contributed by atoms with van der Waals surface area (Å²) in [7, 11) is 0. The third kappa shape index (κ3) is 3.42. The van der Waals surface area contributed by atoms with Crippen molar-refractivity contribution in [2.75, 3.05) is 13.1 Å². The maximum Gasteiger partial charge on any atom is 0.314 e. The highest BCUT2D eigenvalue weighted by Crippen LogP contribution is 2.58. The molecule has 0 aliphatic heterocycles. The van der Waals surface area contributed by atoms with E-state index in [-0.39, 0.29) is 6.03 Å². The van der Waals surface area contributed by atoms with Crippen molar-refractivity contribution in [1.82, 2.24) is 10.6 Å². The lowest BCUT2D eigenvalue weighted by atomic mass is 9.71. The molecule has 3 aliphatic carbocycles. The van der Waals surface area contributed by atoms with Gasteiger partial charge < -0.3 is 10.6 Å². The molecular weight excluding hydrogens is 320 g/mol. The molecule has 1 aromatic rings. The Morgan fingerprint density at radius 2 is 1.83 bits per heavy atom. The van der Waals surface area contributed by atoms with Gasteiger partial charge in [-0.25, -0.2) is 4.79 Å². The minimum Gasteiger partial charge on any atom is -0.338 e. The number of rotatable bonds is 6. The Bertz CT molecular complexity index is 586. The van der Waals surface area contributed by atoms with Crippen molar-refractivity contribution in [2.24, 2.45) is 17.3 Å². The molecule has 0 unspecified atom stereocenters.